The Labute approximate surface area is 97.2 Å². The zero-order valence-electron chi connectivity index (χ0n) is 10.6. The molecule has 0 spiro atoms. The maximum absolute atomic E-state index is 11.8. The van der Waals surface area contributed by atoms with E-state index in [4.69, 9.17) is 4.74 Å². The van der Waals surface area contributed by atoms with Crippen molar-refractivity contribution in [2.24, 2.45) is 11.3 Å². The largest absolute Gasteiger partial charge is 0.392 e. The van der Waals surface area contributed by atoms with Crippen LogP contribution >= 0.6 is 0 Å². The maximum atomic E-state index is 11.8. The summed E-state index contributed by atoms with van der Waals surface area (Å²) in [5, 5.41) is 9.87. The first-order chi connectivity index (χ1) is 7.21. The molecule has 0 aromatic rings. The van der Waals surface area contributed by atoms with Gasteiger partial charge in [-0.2, -0.15) is 0 Å². The molecule has 4 atom stereocenters. The Morgan fingerprint density at radius 1 is 1.44 bits per heavy atom. The van der Waals surface area contributed by atoms with Gasteiger partial charge in [-0.15, -0.1) is 0 Å². The SMILES string of the molecule is CC(C)(C)O[C@H]1C[C@H]2C(=O)C[C@]1(C)C[C@@H]2O. The summed E-state index contributed by atoms with van der Waals surface area (Å²) < 4.78 is 6.05. The van der Waals surface area contributed by atoms with Gasteiger partial charge in [-0.1, -0.05) is 6.92 Å². The van der Waals surface area contributed by atoms with E-state index in [0.717, 1.165) is 0 Å². The number of rotatable bonds is 1. The van der Waals surface area contributed by atoms with Crippen molar-refractivity contribution in [1.29, 1.82) is 0 Å². The molecule has 3 aliphatic rings. The summed E-state index contributed by atoms with van der Waals surface area (Å²) in [4.78, 5) is 11.8. The van der Waals surface area contributed by atoms with Crippen molar-refractivity contribution >= 4 is 5.78 Å². The summed E-state index contributed by atoms with van der Waals surface area (Å²) in [6.07, 6.45) is 1.61. The molecule has 0 aliphatic heterocycles. The lowest BCUT2D eigenvalue weighted by Crippen LogP contribution is -2.57. The van der Waals surface area contributed by atoms with Crippen LogP contribution in [0.4, 0.5) is 0 Å². The van der Waals surface area contributed by atoms with Crippen LogP contribution in [0.5, 0.6) is 0 Å². The fourth-order valence-corrected chi connectivity index (χ4v) is 3.10. The molecule has 3 heteroatoms. The molecule has 3 aliphatic carbocycles. The Kier molecular flexibility index (Phi) is 2.67. The van der Waals surface area contributed by atoms with Crippen molar-refractivity contribution in [3.63, 3.8) is 0 Å². The van der Waals surface area contributed by atoms with E-state index in [1.807, 2.05) is 20.8 Å². The molecule has 0 unspecified atom stereocenters. The monoisotopic (exact) mass is 226 g/mol. The minimum Gasteiger partial charge on any atom is -0.392 e. The third kappa shape index (κ3) is 2.03. The van der Waals surface area contributed by atoms with E-state index in [1.54, 1.807) is 0 Å². The van der Waals surface area contributed by atoms with Gasteiger partial charge in [0, 0.05) is 17.8 Å². The van der Waals surface area contributed by atoms with Gasteiger partial charge in [-0.3, -0.25) is 4.79 Å². The van der Waals surface area contributed by atoms with Gasteiger partial charge in [-0.25, -0.2) is 0 Å². The predicted octanol–water partition coefficient (Wildman–Crippen LogP) is 1.92. The normalized spacial score (nSPS) is 43.8. The third-order valence-electron chi connectivity index (χ3n) is 3.87. The van der Waals surface area contributed by atoms with Crippen molar-refractivity contribution in [3.05, 3.63) is 0 Å². The smallest absolute Gasteiger partial charge is 0.139 e. The minimum atomic E-state index is -0.453. The minimum absolute atomic E-state index is 0.110. The molecule has 0 aromatic heterocycles. The van der Waals surface area contributed by atoms with E-state index in [2.05, 4.69) is 6.92 Å². The molecule has 0 heterocycles. The fourth-order valence-electron chi connectivity index (χ4n) is 3.10. The molecule has 3 fully saturated rings. The molecule has 3 saturated carbocycles. The van der Waals surface area contributed by atoms with E-state index in [9.17, 15) is 9.90 Å². The van der Waals surface area contributed by atoms with Crippen LogP contribution in [0, 0.1) is 11.3 Å². The average molecular weight is 226 g/mol. The van der Waals surface area contributed by atoms with Crippen LogP contribution in [0.1, 0.15) is 47.0 Å². The molecule has 16 heavy (non-hydrogen) atoms. The molecule has 3 rings (SSSR count). The number of hydrogen-bond acceptors (Lipinski definition) is 3. The van der Waals surface area contributed by atoms with Gasteiger partial charge in [0.1, 0.15) is 5.78 Å². The number of carbonyl (C=O) groups is 1. The number of aliphatic hydroxyl groups excluding tert-OH is 1. The first-order valence-electron chi connectivity index (χ1n) is 6.10. The van der Waals surface area contributed by atoms with E-state index >= 15 is 0 Å². The summed E-state index contributed by atoms with van der Waals surface area (Å²) in [5.41, 5.74) is -0.350. The predicted molar refractivity (Wildman–Crippen MR) is 61.1 cm³/mol. The topological polar surface area (TPSA) is 46.5 Å². The van der Waals surface area contributed by atoms with E-state index < -0.39 is 6.10 Å². The van der Waals surface area contributed by atoms with Gasteiger partial charge in [0.05, 0.1) is 17.8 Å². The van der Waals surface area contributed by atoms with E-state index in [1.165, 1.54) is 0 Å². The number of ether oxygens (including phenoxy) is 1. The molecule has 92 valence electrons. The zero-order chi connectivity index (χ0) is 12.1. The van der Waals surface area contributed by atoms with Crippen molar-refractivity contribution in [3.8, 4) is 0 Å². The molecule has 0 saturated heterocycles. The van der Waals surface area contributed by atoms with Gasteiger partial charge in [0.25, 0.3) is 0 Å². The molecule has 0 radical (unpaired) electrons. The summed E-state index contributed by atoms with van der Waals surface area (Å²) in [5.74, 6) is 0.0317. The van der Waals surface area contributed by atoms with Crippen LogP contribution in [0.3, 0.4) is 0 Å². The fraction of sp³-hybridized carbons (Fsp3) is 0.923. The summed E-state index contributed by atoms with van der Waals surface area (Å²) in [6.45, 7) is 8.19. The van der Waals surface area contributed by atoms with E-state index in [0.29, 0.717) is 19.3 Å². The highest BCUT2D eigenvalue weighted by molar-refractivity contribution is 5.84. The second kappa shape index (κ2) is 3.54. The molecule has 3 nitrogen and oxygen atoms in total. The Bertz CT molecular complexity index is 305. The molecule has 0 aromatic carbocycles. The average Bonchev–Trinajstić information content (AvgIpc) is 2.04. The lowest BCUT2D eigenvalue weighted by molar-refractivity contribution is -0.190. The second-order valence-corrected chi connectivity index (χ2v) is 6.63. The number of ketones is 1. The van der Waals surface area contributed by atoms with Gasteiger partial charge in [0.2, 0.25) is 0 Å². The summed E-state index contributed by atoms with van der Waals surface area (Å²) in [7, 11) is 0. The summed E-state index contributed by atoms with van der Waals surface area (Å²) in [6, 6.07) is 0. The van der Waals surface area contributed by atoms with Crippen molar-refractivity contribution in [2.75, 3.05) is 0 Å². The Balaban J connectivity index is 2.17. The standard InChI is InChI=1S/C13H22O3/c1-12(2,3)16-11-5-8-9(14)6-13(11,4)7-10(8)15/h8-9,11,14H,5-7H2,1-4H3/t8-,9+,11+,13+/m1/s1. The first-order valence-corrected chi connectivity index (χ1v) is 6.10. The Morgan fingerprint density at radius 2 is 2.06 bits per heavy atom. The molecule has 1 N–H and O–H groups in total. The van der Waals surface area contributed by atoms with Crippen LogP contribution in [0.15, 0.2) is 0 Å². The van der Waals surface area contributed by atoms with Gasteiger partial charge < -0.3 is 9.84 Å². The highest BCUT2D eigenvalue weighted by atomic mass is 16.5. The van der Waals surface area contributed by atoms with Crippen LogP contribution in [0.25, 0.3) is 0 Å². The lowest BCUT2D eigenvalue weighted by atomic mass is 9.58. The summed E-state index contributed by atoms with van der Waals surface area (Å²) >= 11 is 0. The van der Waals surface area contributed by atoms with Gasteiger partial charge in [-0.05, 0) is 33.6 Å². The first kappa shape index (κ1) is 12.1. The Morgan fingerprint density at radius 3 is 2.50 bits per heavy atom. The van der Waals surface area contributed by atoms with Crippen molar-refractivity contribution in [2.45, 2.75) is 64.8 Å². The van der Waals surface area contributed by atoms with Crippen LogP contribution in [-0.2, 0) is 9.53 Å². The second-order valence-electron chi connectivity index (χ2n) is 6.63. The van der Waals surface area contributed by atoms with Gasteiger partial charge in [0.15, 0.2) is 0 Å². The number of fused-ring (bicyclic) bond motifs is 3. The quantitative estimate of drug-likeness (QED) is 0.743. The number of hydrogen-bond donors (Lipinski definition) is 1. The lowest BCUT2D eigenvalue weighted by Gasteiger charge is -2.52. The highest BCUT2D eigenvalue weighted by Crippen LogP contribution is 2.50. The maximum Gasteiger partial charge on any atom is 0.139 e. The van der Waals surface area contributed by atoms with Crippen LogP contribution in [-0.4, -0.2) is 28.7 Å². The van der Waals surface area contributed by atoms with Gasteiger partial charge >= 0.3 is 0 Å². The van der Waals surface area contributed by atoms with Crippen LogP contribution in [0.2, 0.25) is 0 Å². The highest BCUT2D eigenvalue weighted by Gasteiger charge is 2.54. The molecule has 2 bridgehead atoms. The van der Waals surface area contributed by atoms with Crippen LogP contribution < -0.4 is 0 Å². The van der Waals surface area contributed by atoms with E-state index in [-0.39, 0.29) is 28.8 Å². The third-order valence-corrected chi connectivity index (χ3v) is 3.87. The molecular weight excluding hydrogens is 204 g/mol. The Hall–Kier alpha value is -0.410. The van der Waals surface area contributed by atoms with Crippen molar-refractivity contribution < 1.29 is 14.6 Å². The molecule has 0 amide bonds. The zero-order valence-corrected chi connectivity index (χ0v) is 10.6. The molecular formula is C13H22O3. The number of carbonyl (C=O) groups excluding carboxylic acids is 1. The number of Topliss-reactive ketones (excluding diaryl/α,β-unsaturated/α-hetero) is 1. The number of aliphatic hydroxyl groups is 1. The van der Waals surface area contributed by atoms with Crippen molar-refractivity contribution in [1.82, 2.24) is 0 Å².